The van der Waals surface area contributed by atoms with Gasteiger partial charge in [-0.15, -0.1) is 0 Å². The molecule has 1 aromatic rings. The minimum Gasteiger partial charge on any atom is -0.450 e. The fraction of sp³-hybridized carbons (Fsp3) is 0.542. The summed E-state index contributed by atoms with van der Waals surface area (Å²) in [6.07, 6.45) is 10.2. The van der Waals surface area contributed by atoms with Crippen LogP contribution in [0.1, 0.15) is 54.9 Å². The number of rotatable bonds is 4. The van der Waals surface area contributed by atoms with E-state index in [9.17, 15) is 4.79 Å². The highest BCUT2D eigenvalue weighted by Crippen LogP contribution is 2.69. The van der Waals surface area contributed by atoms with Crippen LogP contribution in [0.25, 0.3) is 0 Å². The molecule has 1 aromatic carbocycles. The molecule has 0 bridgehead atoms. The van der Waals surface area contributed by atoms with Crippen molar-refractivity contribution in [1.82, 2.24) is 0 Å². The number of fused-ring (bicyclic) bond motifs is 5. The normalized spacial score (nSPS) is 36.1. The Morgan fingerprint density at radius 2 is 2.00 bits per heavy atom. The van der Waals surface area contributed by atoms with E-state index >= 15 is 0 Å². The number of carbonyl (C=O) groups excluding carboxylic acids is 1. The van der Waals surface area contributed by atoms with Crippen LogP contribution in [-0.2, 0) is 9.47 Å². The molecule has 5 unspecified atom stereocenters. The van der Waals surface area contributed by atoms with Crippen LogP contribution < -0.4 is 0 Å². The second-order valence-electron chi connectivity index (χ2n) is 8.56. The zero-order chi connectivity index (χ0) is 18.6. The van der Waals surface area contributed by atoms with Gasteiger partial charge in [0.25, 0.3) is 0 Å². The Morgan fingerprint density at radius 1 is 1.19 bits per heavy atom. The molecule has 0 aromatic heterocycles. The van der Waals surface area contributed by atoms with E-state index in [1.54, 1.807) is 0 Å². The average molecular weight is 364 g/mol. The topological polar surface area (TPSA) is 35.5 Å². The Labute approximate surface area is 161 Å². The van der Waals surface area contributed by atoms with Gasteiger partial charge in [-0.05, 0) is 75.1 Å². The number of hydrogen-bond acceptors (Lipinski definition) is 3. The number of carbonyl (C=O) groups is 1. The molecule has 0 N–H and O–H groups in total. The number of allylic oxidation sites excluding steroid dienone is 1. The number of benzene rings is 1. The Bertz CT molecular complexity index is 819. The molecule has 27 heavy (non-hydrogen) atoms. The minimum absolute atomic E-state index is 0.175. The summed E-state index contributed by atoms with van der Waals surface area (Å²) < 4.78 is 12.6. The Hall–Kier alpha value is -1.87. The van der Waals surface area contributed by atoms with Crippen molar-refractivity contribution in [2.75, 3.05) is 6.61 Å². The fourth-order valence-electron chi connectivity index (χ4n) is 6.01. The van der Waals surface area contributed by atoms with Gasteiger partial charge >= 0.3 is 5.97 Å². The van der Waals surface area contributed by atoms with E-state index < -0.39 is 5.60 Å². The molecular weight excluding hydrogens is 336 g/mol. The van der Waals surface area contributed by atoms with Crippen LogP contribution in [0.4, 0.5) is 0 Å². The van der Waals surface area contributed by atoms with Crippen molar-refractivity contribution in [3.05, 3.63) is 58.7 Å². The molecule has 5 atom stereocenters. The molecule has 4 aliphatic carbocycles. The van der Waals surface area contributed by atoms with Crippen molar-refractivity contribution in [3.8, 4) is 0 Å². The molecule has 0 radical (unpaired) electrons. The summed E-state index contributed by atoms with van der Waals surface area (Å²) >= 11 is 0. The summed E-state index contributed by atoms with van der Waals surface area (Å²) in [6, 6.07) is 7.74. The highest BCUT2D eigenvalue weighted by atomic mass is 16.6. The summed E-state index contributed by atoms with van der Waals surface area (Å²) in [5, 5.41) is 0. The quantitative estimate of drug-likeness (QED) is 0.705. The number of aryl methyl sites for hydroxylation is 1. The highest BCUT2D eigenvalue weighted by molar-refractivity contribution is 5.90. The van der Waals surface area contributed by atoms with Gasteiger partial charge in [0.2, 0.25) is 0 Å². The van der Waals surface area contributed by atoms with E-state index in [1.165, 1.54) is 24.0 Å². The Balaban J connectivity index is 1.53. The number of esters is 1. The molecule has 0 amide bonds. The molecule has 142 valence electrons. The Kier molecular flexibility index (Phi) is 4.05. The molecule has 2 saturated carbocycles. The van der Waals surface area contributed by atoms with E-state index in [4.69, 9.17) is 9.47 Å². The van der Waals surface area contributed by atoms with E-state index in [1.807, 2.05) is 31.2 Å². The average Bonchev–Trinajstić information content (AvgIpc) is 2.65. The van der Waals surface area contributed by atoms with E-state index in [2.05, 4.69) is 19.1 Å². The summed E-state index contributed by atoms with van der Waals surface area (Å²) in [5.74, 6) is 1.42. The first-order valence-corrected chi connectivity index (χ1v) is 10.5. The lowest BCUT2D eigenvalue weighted by atomic mass is 9.39. The van der Waals surface area contributed by atoms with Crippen LogP contribution in [0.5, 0.6) is 0 Å². The Morgan fingerprint density at radius 3 is 2.70 bits per heavy atom. The van der Waals surface area contributed by atoms with Crippen LogP contribution in [0, 0.1) is 24.7 Å². The van der Waals surface area contributed by atoms with Crippen LogP contribution in [-0.4, -0.2) is 24.3 Å². The molecule has 4 aliphatic rings. The lowest BCUT2D eigenvalue weighted by Crippen LogP contribution is -2.71. The van der Waals surface area contributed by atoms with Gasteiger partial charge in [-0.3, -0.25) is 0 Å². The van der Waals surface area contributed by atoms with Crippen molar-refractivity contribution in [1.29, 1.82) is 0 Å². The van der Waals surface area contributed by atoms with Crippen molar-refractivity contribution in [2.24, 2.45) is 17.8 Å². The monoisotopic (exact) mass is 364 g/mol. The third-order valence-corrected chi connectivity index (χ3v) is 7.35. The van der Waals surface area contributed by atoms with Gasteiger partial charge in [-0.1, -0.05) is 29.8 Å². The van der Waals surface area contributed by atoms with E-state index in [0.29, 0.717) is 23.3 Å². The minimum atomic E-state index is -0.412. The molecule has 3 heteroatoms. The van der Waals surface area contributed by atoms with Gasteiger partial charge < -0.3 is 9.47 Å². The maximum absolute atomic E-state index is 13.1. The summed E-state index contributed by atoms with van der Waals surface area (Å²) in [6.45, 7) is 4.85. The molecule has 0 aliphatic heterocycles. The van der Waals surface area contributed by atoms with Gasteiger partial charge in [0, 0.05) is 18.4 Å². The molecule has 2 fully saturated rings. The SMILES string of the molecule is CCOC1CC2C3CCC3C2(OC(=O)c2ccc(C)cc2)C2=C1CCC=C2. The van der Waals surface area contributed by atoms with Crippen LogP contribution in [0.3, 0.4) is 0 Å². The van der Waals surface area contributed by atoms with Crippen molar-refractivity contribution in [2.45, 2.75) is 57.7 Å². The molecule has 3 nitrogen and oxygen atoms in total. The molecule has 0 spiro atoms. The third kappa shape index (κ3) is 2.40. The second kappa shape index (κ2) is 6.34. The first-order chi connectivity index (χ1) is 13.1. The van der Waals surface area contributed by atoms with Crippen LogP contribution in [0.2, 0.25) is 0 Å². The molecular formula is C24H28O3. The molecule has 0 saturated heterocycles. The summed E-state index contributed by atoms with van der Waals surface area (Å²) in [7, 11) is 0. The van der Waals surface area contributed by atoms with Crippen LogP contribution in [0.15, 0.2) is 47.6 Å². The first-order valence-electron chi connectivity index (χ1n) is 10.5. The second-order valence-corrected chi connectivity index (χ2v) is 8.56. The van der Waals surface area contributed by atoms with Gasteiger partial charge in [0.1, 0.15) is 5.60 Å². The highest BCUT2D eigenvalue weighted by Gasteiger charge is 2.71. The summed E-state index contributed by atoms with van der Waals surface area (Å²) in [5.41, 5.74) is 4.06. The standard InChI is InChI=1S/C24H28O3/c1-3-26-22-14-21-17-12-13-20(17)24(21,19-7-5-4-6-18(19)22)27-23(25)16-10-8-15(2)9-11-16/h5,7-11,17,20-22H,3-4,6,12-14H2,1-2H3. The van der Waals surface area contributed by atoms with Gasteiger partial charge in [0.05, 0.1) is 11.7 Å². The van der Waals surface area contributed by atoms with Crippen molar-refractivity contribution >= 4 is 5.97 Å². The van der Waals surface area contributed by atoms with Crippen LogP contribution >= 0.6 is 0 Å². The predicted molar refractivity (Wildman–Crippen MR) is 104 cm³/mol. The maximum atomic E-state index is 13.1. The van der Waals surface area contributed by atoms with Gasteiger partial charge in [0.15, 0.2) is 0 Å². The molecule has 0 heterocycles. The van der Waals surface area contributed by atoms with E-state index in [-0.39, 0.29) is 12.1 Å². The zero-order valence-corrected chi connectivity index (χ0v) is 16.2. The first kappa shape index (κ1) is 17.2. The fourth-order valence-corrected chi connectivity index (χ4v) is 6.01. The predicted octanol–water partition coefficient (Wildman–Crippen LogP) is 5.00. The van der Waals surface area contributed by atoms with Crippen molar-refractivity contribution < 1.29 is 14.3 Å². The lowest BCUT2D eigenvalue weighted by Gasteiger charge is -2.69. The van der Waals surface area contributed by atoms with Crippen molar-refractivity contribution in [3.63, 3.8) is 0 Å². The smallest absolute Gasteiger partial charge is 0.339 e. The third-order valence-electron chi connectivity index (χ3n) is 7.35. The number of ether oxygens (including phenoxy) is 2. The summed E-state index contributed by atoms with van der Waals surface area (Å²) in [4.78, 5) is 13.1. The zero-order valence-electron chi connectivity index (χ0n) is 16.2. The maximum Gasteiger partial charge on any atom is 0.339 e. The largest absolute Gasteiger partial charge is 0.450 e. The van der Waals surface area contributed by atoms with E-state index in [0.717, 1.165) is 31.4 Å². The van der Waals surface area contributed by atoms with Gasteiger partial charge in [-0.25, -0.2) is 4.79 Å². The van der Waals surface area contributed by atoms with Gasteiger partial charge in [-0.2, -0.15) is 0 Å². The lowest BCUT2D eigenvalue weighted by molar-refractivity contribution is -0.233. The molecule has 5 rings (SSSR count). The number of hydrogen-bond donors (Lipinski definition) is 0.